The normalized spacial score (nSPS) is 48.4. The van der Waals surface area contributed by atoms with Crippen molar-refractivity contribution in [1.29, 1.82) is 0 Å². The number of hydrogen-bond acceptors (Lipinski definition) is 4. The molecule has 0 bridgehead atoms. The van der Waals surface area contributed by atoms with Gasteiger partial charge in [-0.15, -0.1) is 0 Å². The Morgan fingerprint density at radius 3 is 2.35 bits per heavy atom. The van der Waals surface area contributed by atoms with Crippen molar-refractivity contribution in [3.05, 3.63) is 11.1 Å². The molecule has 4 nitrogen and oxygen atoms in total. The van der Waals surface area contributed by atoms with E-state index in [1.807, 2.05) is 0 Å². The minimum absolute atomic E-state index is 0.0986. The Labute approximate surface area is 189 Å². The standard InChI is InChI=1S/C27H46O4/c1-16(2)7-6-8-17(3)19-9-10-20-22-21(12-13-25(19,20)4)26(5)14-11-18(28)15-27(26,31)24(30)23(22)29/h16-19,21,23-24,28-31H,6-15H2,1-5H3/t17-,18+,19-,21+,23+,24-,25-,26-,27+/m1/s1. The van der Waals surface area contributed by atoms with Gasteiger partial charge in [-0.1, -0.05) is 59.5 Å². The molecular weight excluding hydrogens is 388 g/mol. The van der Waals surface area contributed by atoms with Crippen LogP contribution in [0.4, 0.5) is 0 Å². The van der Waals surface area contributed by atoms with E-state index in [-0.39, 0.29) is 17.8 Å². The van der Waals surface area contributed by atoms with E-state index in [1.54, 1.807) is 0 Å². The van der Waals surface area contributed by atoms with Crippen LogP contribution < -0.4 is 0 Å². The van der Waals surface area contributed by atoms with Crippen molar-refractivity contribution < 1.29 is 20.4 Å². The molecule has 0 spiro atoms. The van der Waals surface area contributed by atoms with Gasteiger partial charge in [0.1, 0.15) is 17.8 Å². The van der Waals surface area contributed by atoms with Crippen LogP contribution in [0.15, 0.2) is 11.1 Å². The molecule has 4 aliphatic carbocycles. The molecule has 0 aliphatic heterocycles. The Balaban J connectivity index is 1.66. The highest BCUT2D eigenvalue weighted by molar-refractivity contribution is 5.40. The van der Waals surface area contributed by atoms with Crippen LogP contribution in [0.25, 0.3) is 0 Å². The van der Waals surface area contributed by atoms with Gasteiger partial charge in [0.2, 0.25) is 0 Å². The Morgan fingerprint density at radius 2 is 1.68 bits per heavy atom. The number of aliphatic hydroxyl groups excluding tert-OH is 3. The second kappa shape index (κ2) is 8.11. The molecule has 31 heavy (non-hydrogen) atoms. The van der Waals surface area contributed by atoms with Crippen molar-refractivity contribution in [2.75, 3.05) is 0 Å². The third-order valence-electron chi connectivity index (χ3n) is 10.4. The molecule has 3 fully saturated rings. The van der Waals surface area contributed by atoms with Crippen molar-refractivity contribution in [3.8, 4) is 0 Å². The van der Waals surface area contributed by atoms with E-state index in [0.29, 0.717) is 24.7 Å². The summed E-state index contributed by atoms with van der Waals surface area (Å²) in [7, 11) is 0. The van der Waals surface area contributed by atoms with Crippen molar-refractivity contribution in [2.24, 2.45) is 34.5 Å². The zero-order valence-electron chi connectivity index (χ0n) is 20.4. The SMILES string of the molecule is CC(C)CCC[C@@H](C)[C@H]1CCC2=C3[C@H](O)[C@@H](O)[C@@]4(O)C[C@@H](O)CC[C@]4(C)[C@H]3CC[C@@]21C. The number of aliphatic hydroxyl groups is 4. The largest absolute Gasteiger partial charge is 0.393 e. The number of fused-ring (bicyclic) bond motifs is 4. The van der Waals surface area contributed by atoms with Crippen LogP contribution in [0, 0.1) is 34.5 Å². The number of allylic oxidation sites excluding steroid dienone is 1. The fourth-order valence-electron chi connectivity index (χ4n) is 8.50. The lowest BCUT2D eigenvalue weighted by atomic mass is 9.45. The second-order valence-corrected chi connectivity index (χ2v) is 12.5. The molecule has 0 unspecified atom stereocenters. The molecule has 3 saturated carbocycles. The average molecular weight is 435 g/mol. The van der Waals surface area contributed by atoms with Gasteiger partial charge in [-0.05, 0) is 73.2 Å². The van der Waals surface area contributed by atoms with Gasteiger partial charge in [0.15, 0.2) is 0 Å². The summed E-state index contributed by atoms with van der Waals surface area (Å²) in [5.41, 5.74) is 0.639. The summed E-state index contributed by atoms with van der Waals surface area (Å²) in [5.74, 6) is 2.16. The van der Waals surface area contributed by atoms with E-state index in [4.69, 9.17) is 0 Å². The quantitative estimate of drug-likeness (QED) is 0.477. The van der Waals surface area contributed by atoms with Crippen LogP contribution in [0.3, 0.4) is 0 Å². The molecule has 0 heterocycles. The molecule has 0 aromatic carbocycles. The highest BCUT2D eigenvalue weighted by atomic mass is 16.4. The Morgan fingerprint density at radius 1 is 0.968 bits per heavy atom. The van der Waals surface area contributed by atoms with E-state index in [0.717, 1.165) is 30.8 Å². The van der Waals surface area contributed by atoms with E-state index in [1.165, 1.54) is 31.3 Å². The van der Waals surface area contributed by atoms with Crippen LogP contribution in [0.5, 0.6) is 0 Å². The first-order valence-corrected chi connectivity index (χ1v) is 13.0. The molecule has 9 atom stereocenters. The summed E-state index contributed by atoms with van der Waals surface area (Å²) < 4.78 is 0. The van der Waals surface area contributed by atoms with Crippen LogP contribution >= 0.6 is 0 Å². The molecule has 4 heteroatoms. The topological polar surface area (TPSA) is 80.9 Å². The van der Waals surface area contributed by atoms with Gasteiger partial charge in [0.05, 0.1) is 6.10 Å². The van der Waals surface area contributed by atoms with E-state index in [9.17, 15) is 20.4 Å². The third-order valence-corrected chi connectivity index (χ3v) is 10.4. The first-order chi connectivity index (χ1) is 14.5. The highest BCUT2D eigenvalue weighted by Crippen LogP contribution is 2.66. The molecule has 4 rings (SSSR count). The average Bonchev–Trinajstić information content (AvgIpc) is 3.05. The predicted molar refractivity (Wildman–Crippen MR) is 123 cm³/mol. The van der Waals surface area contributed by atoms with E-state index < -0.39 is 29.3 Å². The van der Waals surface area contributed by atoms with Gasteiger partial charge in [-0.3, -0.25) is 0 Å². The van der Waals surface area contributed by atoms with Crippen LogP contribution in [0.1, 0.15) is 98.8 Å². The summed E-state index contributed by atoms with van der Waals surface area (Å²) >= 11 is 0. The first kappa shape index (κ1) is 23.7. The molecule has 4 N–H and O–H groups in total. The van der Waals surface area contributed by atoms with Crippen molar-refractivity contribution in [2.45, 2.75) is 123 Å². The first-order valence-electron chi connectivity index (χ1n) is 13.0. The van der Waals surface area contributed by atoms with Gasteiger partial charge >= 0.3 is 0 Å². The minimum atomic E-state index is -1.42. The Kier molecular flexibility index (Phi) is 6.21. The van der Waals surface area contributed by atoms with Gasteiger partial charge < -0.3 is 20.4 Å². The molecule has 0 saturated heterocycles. The summed E-state index contributed by atoms with van der Waals surface area (Å²) in [6, 6.07) is 0. The molecule has 4 aliphatic rings. The second-order valence-electron chi connectivity index (χ2n) is 12.5. The lowest BCUT2D eigenvalue weighted by Crippen LogP contribution is -2.70. The number of hydrogen-bond donors (Lipinski definition) is 4. The van der Waals surface area contributed by atoms with Gasteiger partial charge in [0.25, 0.3) is 0 Å². The minimum Gasteiger partial charge on any atom is -0.393 e. The van der Waals surface area contributed by atoms with Crippen molar-refractivity contribution in [1.82, 2.24) is 0 Å². The maximum Gasteiger partial charge on any atom is 0.113 e. The van der Waals surface area contributed by atoms with E-state index >= 15 is 0 Å². The van der Waals surface area contributed by atoms with Crippen LogP contribution in [-0.2, 0) is 0 Å². The summed E-state index contributed by atoms with van der Waals surface area (Å²) in [6.07, 6.45) is 6.77. The fraction of sp³-hybridized carbons (Fsp3) is 0.926. The predicted octanol–water partition coefficient (Wildman–Crippen LogP) is 4.59. The van der Waals surface area contributed by atoms with Gasteiger partial charge in [-0.25, -0.2) is 0 Å². The monoisotopic (exact) mass is 434 g/mol. The maximum absolute atomic E-state index is 11.6. The van der Waals surface area contributed by atoms with Gasteiger partial charge in [0, 0.05) is 11.8 Å². The Bertz CT molecular complexity index is 716. The van der Waals surface area contributed by atoms with Crippen LogP contribution in [-0.4, -0.2) is 44.3 Å². The fourth-order valence-corrected chi connectivity index (χ4v) is 8.50. The lowest BCUT2D eigenvalue weighted by molar-refractivity contribution is -0.248. The van der Waals surface area contributed by atoms with Crippen molar-refractivity contribution >= 4 is 0 Å². The highest BCUT2D eigenvalue weighted by Gasteiger charge is 2.67. The third kappa shape index (κ3) is 3.47. The Hall–Kier alpha value is -0.420. The van der Waals surface area contributed by atoms with Crippen LogP contribution in [0.2, 0.25) is 0 Å². The van der Waals surface area contributed by atoms with E-state index in [2.05, 4.69) is 34.6 Å². The summed E-state index contributed by atoms with van der Waals surface area (Å²) in [5, 5.41) is 44.3. The number of rotatable bonds is 5. The molecule has 0 aromatic rings. The lowest BCUT2D eigenvalue weighted by Gasteiger charge is -2.63. The molecule has 0 aromatic heterocycles. The van der Waals surface area contributed by atoms with Crippen molar-refractivity contribution in [3.63, 3.8) is 0 Å². The molecule has 178 valence electrons. The smallest absolute Gasteiger partial charge is 0.113 e. The molecular formula is C27H46O4. The molecule has 0 amide bonds. The van der Waals surface area contributed by atoms with Gasteiger partial charge in [-0.2, -0.15) is 0 Å². The maximum atomic E-state index is 11.6. The summed E-state index contributed by atoms with van der Waals surface area (Å²) in [4.78, 5) is 0. The molecule has 0 radical (unpaired) electrons. The summed E-state index contributed by atoms with van der Waals surface area (Å²) in [6.45, 7) is 11.5. The zero-order valence-corrected chi connectivity index (χ0v) is 20.4. The zero-order chi connectivity index (χ0) is 22.8.